The lowest BCUT2D eigenvalue weighted by molar-refractivity contribution is 0.847. The van der Waals surface area contributed by atoms with Crippen LogP contribution in [-0.2, 0) is 16.2 Å². The van der Waals surface area contributed by atoms with Crippen LogP contribution in [0.5, 0.6) is 0 Å². The Labute approximate surface area is 302 Å². The van der Waals surface area contributed by atoms with E-state index >= 15 is 0 Å². The Morgan fingerprint density at radius 3 is 0.654 bits per heavy atom. The molecule has 0 heterocycles. The van der Waals surface area contributed by atoms with Crippen LogP contribution in [0.2, 0.25) is 0 Å². The van der Waals surface area contributed by atoms with Gasteiger partial charge in [-0.05, 0) is 69.8 Å². The molecule has 7 nitrogen and oxygen atoms in total. The molecule has 7 heteroatoms. The highest BCUT2D eigenvalue weighted by molar-refractivity contribution is 5.78. The first-order valence-electron chi connectivity index (χ1n) is 16.2. The summed E-state index contributed by atoms with van der Waals surface area (Å²) in [5, 5.41) is 61.6. The average Bonchev–Trinajstić information content (AvgIpc) is 3.23. The van der Waals surface area contributed by atoms with Crippen LogP contribution < -0.4 is 4.90 Å². The first-order valence-corrected chi connectivity index (χ1v) is 16.2. The van der Waals surface area contributed by atoms with Gasteiger partial charge in [0.05, 0.1) is 36.4 Å². The molecule has 6 aromatic carbocycles. The molecule has 0 aliphatic carbocycles. The molecule has 0 fully saturated rings. The van der Waals surface area contributed by atoms with E-state index in [1.807, 2.05) is 59.5 Å². The van der Waals surface area contributed by atoms with Gasteiger partial charge in [-0.15, -0.1) is 0 Å². The van der Waals surface area contributed by atoms with Crippen molar-refractivity contribution in [2.45, 2.75) is 16.2 Å². The zero-order valence-electron chi connectivity index (χ0n) is 27.7. The molecule has 0 atom stereocenters. The molecular weight excluding hydrogens is 639 g/mol. The van der Waals surface area contributed by atoms with E-state index in [0.29, 0.717) is 50.4 Å². The maximum absolute atomic E-state index is 10.3. The smallest absolute Gasteiger partial charge is 0.193 e. The standard InChI is InChI=1S/C45H27N7/c46-28-43(29-47,34-10-4-1-5-11-34)37-16-22-40(23-17-37)52(41-24-18-38(19-25-41)44(30-48,31-49)35-12-6-2-7-13-35)42-26-20-39(21-27-42)45(32-50,33-51)36-14-8-3-9-15-36/h1-27H. The largest absolute Gasteiger partial charge is 0.311 e. The van der Waals surface area contributed by atoms with Gasteiger partial charge in [0.25, 0.3) is 0 Å². The lowest BCUT2D eigenvalue weighted by Crippen LogP contribution is -2.24. The zero-order chi connectivity index (χ0) is 36.6. The van der Waals surface area contributed by atoms with Gasteiger partial charge in [-0.3, -0.25) is 0 Å². The van der Waals surface area contributed by atoms with Crippen molar-refractivity contribution in [1.82, 2.24) is 0 Å². The highest BCUT2D eigenvalue weighted by Crippen LogP contribution is 2.41. The maximum Gasteiger partial charge on any atom is 0.193 e. The third kappa shape index (κ3) is 5.65. The molecule has 0 N–H and O–H groups in total. The molecule has 0 unspecified atom stereocenters. The minimum absolute atomic E-state index is 0.504. The highest BCUT2D eigenvalue weighted by atomic mass is 15.1. The summed E-state index contributed by atoms with van der Waals surface area (Å²) < 4.78 is 0. The van der Waals surface area contributed by atoms with E-state index in [9.17, 15) is 31.6 Å². The molecule has 0 aromatic heterocycles. The van der Waals surface area contributed by atoms with Crippen LogP contribution in [0.1, 0.15) is 33.4 Å². The van der Waals surface area contributed by atoms with Crippen LogP contribution >= 0.6 is 0 Å². The normalized spacial score (nSPS) is 11.0. The third-order valence-electron chi connectivity index (χ3n) is 9.30. The number of hydrogen-bond donors (Lipinski definition) is 0. The summed E-state index contributed by atoms with van der Waals surface area (Å²) in [6, 6.07) is 61.5. The Morgan fingerprint density at radius 1 is 0.269 bits per heavy atom. The molecule has 0 radical (unpaired) electrons. The summed E-state index contributed by atoms with van der Waals surface area (Å²) in [5.74, 6) is 0. The van der Waals surface area contributed by atoms with E-state index in [1.54, 1.807) is 109 Å². The number of nitrogens with zero attached hydrogens (tertiary/aromatic N) is 7. The number of benzene rings is 6. The van der Waals surface area contributed by atoms with Crippen LogP contribution in [0.25, 0.3) is 0 Å². The van der Waals surface area contributed by atoms with Gasteiger partial charge in [-0.2, -0.15) is 31.6 Å². The Kier molecular flexibility index (Phi) is 9.32. The van der Waals surface area contributed by atoms with Gasteiger partial charge in [0.1, 0.15) is 0 Å². The van der Waals surface area contributed by atoms with Gasteiger partial charge in [0.2, 0.25) is 0 Å². The molecule has 0 spiro atoms. The van der Waals surface area contributed by atoms with Crippen LogP contribution in [0.4, 0.5) is 17.1 Å². The fraction of sp³-hybridized carbons (Fsp3) is 0.0667. The molecule has 0 amide bonds. The van der Waals surface area contributed by atoms with Crippen molar-refractivity contribution < 1.29 is 0 Å². The Balaban J connectivity index is 1.47. The molecule has 52 heavy (non-hydrogen) atoms. The van der Waals surface area contributed by atoms with Gasteiger partial charge >= 0.3 is 0 Å². The zero-order valence-corrected chi connectivity index (χ0v) is 27.7. The number of nitriles is 6. The van der Waals surface area contributed by atoms with E-state index < -0.39 is 16.2 Å². The number of rotatable bonds is 9. The molecule has 0 bridgehead atoms. The molecule has 6 aromatic rings. The molecule has 6 rings (SSSR count). The van der Waals surface area contributed by atoms with Crippen molar-refractivity contribution in [3.05, 3.63) is 197 Å². The minimum Gasteiger partial charge on any atom is -0.311 e. The Morgan fingerprint density at radius 2 is 0.462 bits per heavy atom. The lowest BCUT2D eigenvalue weighted by atomic mass is 9.76. The van der Waals surface area contributed by atoms with E-state index in [4.69, 9.17) is 0 Å². The summed E-state index contributed by atoms with van der Waals surface area (Å²) in [6.45, 7) is 0. The monoisotopic (exact) mass is 665 g/mol. The summed E-state index contributed by atoms with van der Waals surface area (Å²) in [5.41, 5.74) is 0.665. The van der Waals surface area contributed by atoms with Crippen molar-refractivity contribution in [3.8, 4) is 36.4 Å². The third-order valence-corrected chi connectivity index (χ3v) is 9.30. The topological polar surface area (TPSA) is 146 Å². The predicted molar refractivity (Wildman–Crippen MR) is 196 cm³/mol. The lowest BCUT2D eigenvalue weighted by Gasteiger charge is -2.28. The number of hydrogen-bond acceptors (Lipinski definition) is 7. The van der Waals surface area contributed by atoms with Crippen LogP contribution in [0.3, 0.4) is 0 Å². The average molecular weight is 666 g/mol. The van der Waals surface area contributed by atoms with E-state index in [-0.39, 0.29) is 0 Å². The highest BCUT2D eigenvalue weighted by Gasteiger charge is 2.37. The molecule has 0 saturated heterocycles. The van der Waals surface area contributed by atoms with Gasteiger partial charge in [-0.1, -0.05) is 127 Å². The molecule has 242 valence electrons. The second-order valence-corrected chi connectivity index (χ2v) is 12.0. The van der Waals surface area contributed by atoms with Crippen molar-refractivity contribution in [1.29, 1.82) is 31.6 Å². The van der Waals surface area contributed by atoms with Crippen molar-refractivity contribution in [2.24, 2.45) is 0 Å². The van der Waals surface area contributed by atoms with Gasteiger partial charge < -0.3 is 4.90 Å². The molecular formula is C45H27N7. The van der Waals surface area contributed by atoms with E-state index in [0.717, 1.165) is 0 Å². The van der Waals surface area contributed by atoms with Crippen molar-refractivity contribution >= 4 is 17.1 Å². The van der Waals surface area contributed by atoms with Crippen LogP contribution in [-0.4, -0.2) is 0 Å². The summed E-state index contributed by atoms with van der Waals surface area (Å²) in [6.07, 6.45) is 0. The maximum atomic E-state index is 10.3. The van der Waals surface area contributed by atoms with Gasteiger partial charge in [-0.25, -0.2) is 0 Å². The van der Waals surface area contributed by atoms with Crippen LogP contribution in [0.15, 0.2) is 164 Å². The summed E-state index contributed by atoms with van der Waals surface area (Å²) in [4.78, 5) is 1.94. The van der Waals surface area contributed by atoms with Crippen molar-refractivity contribution in [3.63, 3.8) is 0 Å². The Hall–Kier alpha value is -7.94. The van der Waals surface area contributed by atoms with Crippen LogP contribution in [0, 0.1) is 68.0 Å². The fourth-order valence-electron chi connectivity index (χ4n) is 6.44. The molecule has 0 saturated carbocycles. The first kappa shape index (κ1) is 33.9. The summed E-state index contributed by atoms with van der Waals surface area (Å²) >= 11 is 0. The minimum atomic E-state index is -1.53. The fourth-order valence-corrected chi connectivity index (χ4v) is 6.44. The number of anilines is 3. The predicted octanol–water partition coefficient (Wildman–Crippen LogP) is 9.16. The summed E-state index contributed by atoms with van der Waals surface area (Å²) in [7, 11) is 0. The van der Waals surface area contributed by atoms with Gasteiger partial charge in [0, 0.05) is 17.1 Å². The van der Waals surface area contributed by atoms with Gasteiger partial charge in [0.15, 0.2) is 16.2 Å². The second-order valence-electron chi connectivity index (χ2n) is 12.0. The first-order chi connectivity index (χ1) is 25.4. The van der Waals surface area contributed by atoms with E-state index in [2.05, 4.69) is 36.4 Å². The second kappa shape index (κ2) is 14.3. The van der Waals surface area contributed by atoms with E-state index in [1.165, 1.54) is 0 Å². The SMILES string of the molecule is N#CC(C#N)(c1ccccc1)c1ccc(N(c2ccc(C(C#N)(C#N)c3ccccc3)cc2)c2ccc(C(C#N)(C#N)c3ccccc3)cc2)cc1. The Bertz CT molecular complexity index is 2130. The molecule has 0 aliphatic rings. The quantitative estimate of drug-likeness (QED) is 0.150. The molecule has 0 aliphatic heterocycles. The van der Waals surface area contributed by atoms with Crippen molar-refractivity contribution in [2.75, 3.05) is 4.90 Å².